The Hall–Kier alpha value is -4.31. The second-order valence-electron chi connectivity index (χ2n) is 12.5. The minimum Gasteiger partial charge on any atom is -0.507 e. The van der Waals surface area contributed by atoms with E-state index in [1.807, 2.05) is 53.7 Å². The topological polar surface area (TPSA) is 128 Å². The zero-order valence-corrected chi connectivity index (χ0v) is 25.5. The van der Waals surface area contributed by atoms with E-state index in [1.165, 1.54) is 16.8 Å². The summed E-state index contributed by atoms with van der Waals surface area (Å²) in [5.74, 6) is 0.00849. The van der Waals surface area contributed by atoms with Crippen molar-refractivity contribution < 1.29 is 32.9 Å². The minimum absolute atomic E-state index is 0.0695. The first-order chi connectivity index (χ1) is 19.5. The third-order valence-electron chi connectivity index (χ3n) is 7.26. The number of phenols is 1. The summed E-state index contributed by atoms with van der Waals surface area (Å²) in [7, 11) is -3.45. The number of ether oxygens (including phenoxy) is 2. The van der Waals surface area contributed by atoms with Gasteiger partial charge >= 0.3 is 5.97 Å². The summed E-state index contributed by atoms with van der Waals surface area (Å²) in [6.07, 6.45) is 1.12. The molecule has 1 aliphatic rings. The maximum absolute atomic E-state index is 12.8. The Bertz CT molecular complexity index is 1790. The van der Waals surface area contributed by atoms with Crippen molar-refractivity contribution in [2.75, 3.05) is 13.0 Å². The summed E-state index contributed by atoms with van der Waals surface area (Å²) in [4.78, 5) is 12.9. The second kappa shape index (κ2) is 9.90. The Morgan fingerprint density at radius 3 is 1.95 bits per heavy atom. The van der Waals surface area contributed by atoms with Crippen molar-refractivity contribution in [2.24, 2.45) is 0 Å². The highest BCUT2D eigenvalue weighted by Crippen LogP contribution is 2.46. The Morgan fingerprint density at radius 2 is 1.43 bits per heavy atom. The molecule has 0 bridgehead atoms. The SMILES string of the molecule is CC(C)(C)c1cc(-c2c(C(=O)O)nn(-c3ccc(S(C)(=O)=O)cc3)c2-c2ccc3c(c2)OCO3)cc(C(C)(C)C)c1O. The van der Waals surface area contributed by atoms with Gasteiger partial charge in [-0.05, 0) is 71.0 Å². The highest BCUT2D eigenvalue weighted by Gasteiger charge is 2.32. The number of carboxylic acid groups (broad SMARTS) is 1. The van der Waals surface area contributed by atoms with E-state index in [4.69, 9.17) is 9.47 Å². The lowest BCUT2D eigenvalue weighted by molar-refractivity contribution is 0.0690. The van der Waals surface area contributed by atoms with Crippen LogP contribution in [0.15, 0.2) is 59.5 Å². The molecule has 0 saturated carbocycles. The molecule has 42 heavy (non-hydrogen) atoms. The van der Waals surface area contributed by atoms with Crippen LogP contribution in [-0.4, -0.2) is 47.4 Å². The van der Waals surface area contributed by atoms with Gasteiger partial charge in [0.25, 0.3) is 0 Å². The first-order valence-corrected chi connectivity index (χ1v) is 15.3. The van der Waals surface area contributed by atoms with Crippen molar-refractivity contribution in [3.63, 3.8) is 0 Å². The van der Waals surface area contributed by atoms with Gasteiger partial charge < -0.3 is 19.7 Å². The van der Waals surface area contributed by atoms with Gasteiger partial charge in [0.15, 0.2) is 27.0 Å². The maximum atomic E-state index is 12.8. The molecular formula is C32H34N2O7S. The summed E-state index contributed by atoms with van der Waals surface area (Å²) in [6.45, 7) is 12.0. The second-order valence-corrected chi connectivity index (χ2v) is 14.6. The molecule has 1 aliphatic heterocycles. The van der Waals surface area contributed by atoms with E-state index >= 15 is 0 Å². The molecule has 0 spiro atoms. The Morgan fingerprint density at radius 1 is 0.857 bits per heavy atom. The molecule has 0 fully saturated rings. The van der Waals surface area contributed by atoms with Crippen LogP contribution in [0.1, 0.15) is 63.2 Å². The van der Waals surface area contributed by atoms with Crippen LogP contribution in [-0.2, 0) is 20.7 Å². The van der Waals surface area contributed by atoms with E-state index in [0.29, 0.717) is 50.7 Å². The van der Waals surface area contributed by atoms with E-state index in [0.717, 1.165) is 6.26 Å². The molecule has 0 radical (unpaired) electrons. The summed E-state index contributed by atoms with van der Waals surface area (Å²) < 4.78 is 36.9. The number of carbonyl (C=O) groups is 1. The number of benzene rings is 3. The van der Waals surface area contributed by atoms with Gasteiger partial charge in [0.1, 0.15) is 5.75 Å². The predicted octanol–water partition coefficient (Wildman–Crippen LogP) is 6.34. The number of hydrogen-bond acceptors (Lipinski definition) is 7. The lowest BCUT2D eigenvalue weighted by Gasteiger charge is -2.28. The fourth-order valence-corrected chi connectivity index (χ4v) is 5.73. The number of nitrogens with zero attached hydrogens (tertiary/aromatic N) is 2. The van der Waals surface area contributed by atoms with E-state index < -0.39 is 26.6 Å². The number of phenolic OH excluding ortho intramolecular Hbond substituents is 1. The van der Waals surface area contributed by atoms with Crippen LogP contribution >= 0.6 is 0 Å². The molecule has 0 unspecified atom stereocenters. The van der Waals surface area contributed by atoms with Crippen LogP contribution in [0.5, 0.6) is 17.2 Å². The highest BCUT2D eigenvalue weighted by molar-refractivity contribution is 7.90. The van der Waals surface area contributed by atoms with E-state index in [9.17, 15) is 23.4 Å². The minimum atomic E-state index is -3.45. The average molecular weight is 591 g/mol. The molecule has 9 nitrogen and oxygen atoms in total. The molecule has 0 saturated heterocycles. The Balaban J connectivity index is 1.89. The number of carboxylic acids is 1. The highest BCUT2D eigenvalue weighted by atomic mass is 32.2. The summed E-state index contributed by atoms with van der Waals surface area (Å²) >= 11 is 0. The lowest BCUT2D eigenvalue weighted by atomic mass is 9.77. The molecule has 0 amide bonds. The zero-order chi connectivity index (χ0) is 30.8. The monoisotopic (exact) mass is 590 g/mol. The maximum Gasteiger partial charge on any atom is 0.357 e. The van der Waals surface area contributed by atoms with Crippen molar-refractivity contribution in [1.29, 1.82) is 0 Å². The number of sulfone groups is 1. The fraction of sp³-hybridized carbons (Fsp3) is 0.312. The van der Waals surface area contributed by atoms with E-state index in [2.05, 4.69) is 5.10 Å². The molecule has 4 aromatic rings. The van der Waals surface area contributed by atoms with Gasteiger partial charge in [-0.15, -0.1) is 0 Å². The molecule has 220 valence electrons. The standard InChI is InChI=1S/C32H34N2O7S/c1-31(2,3)22-14-19(15-23(29(22)35)32(4,5)6)26-27(30(36)37)33-34(20-9-11-21(12-10-20)42(7,38)39)28(26)18-8-13-24-25(16-18)41-17-40-24/h8-16,35H,17H2,1-7H3,(H,36,37). The number of aromatic hydroxyl groups is 1. The number of hydrogen-bond donors (Lipinski definition) is 2. The van der Waals surface area contributed by atoms with Crippen molar-refractivity contribution in [3.05, 3.63) is 71.4 Å². The normalized spacial score (nSPS) is 13.4. The van der Waals surface area contributed by atoms with Crippen LogP contribution < -0.4 is 9.47 Å². The molecule has 1 aromatic heterocycles. The van der Waals surface area contributed by atoms with Gasteiger partial charge in [-0.1, -0.05) is 41.5 Å². The van der Waals surface area contributed by atoms with E-state index in [1.54, 1.807) is 30.3 Å². The van der Waals surface area contributed by atoms with Gasteiger partial charge in [-0.25, -0.2) is 17.9 Å². The molecule has 10 heteroatoms. The quantitative estimate of drug-likeness (QED) is 0.276. The number of aromatic carboxylic acids is 1. The Labute approximate surface area is 245 Å². The van der Waals surface area contributed by atoms with Crippen molar-refractivity contribution in [3.8, 4) is 45.3 Å². The number of aromatic nitrogens is 2. The number of rotatable bonds is 5. The van der Waals surface area contributed by atoms with Crippen LogP contribution in [0.2, 0.25) is 0 Å². The summed E-state index contributed by atoms with van der Waals surface area (Å²) in [5, 5.41) is 26.3. The average Bonchev–Trinajstić information content (AvgIpc) is 3.51. The third kappa shape index (κ3) is 5.22. The predicted molar refractivity (Wildman–Crippen MR) is 160 cm³/mol. The van der Waals surface area contributed by atoms with Gasteiger partial charge in [0.05, 0.1) is 16.3 Å². The van der Waals surface area contributed by atoms with Gasteiger partial charge in [0, 0.05) is 28.5 Å². The first-order valence-electron chi connectivity index (χ1n) is 13.4. The fourth-order valence-electron chi connectivity index (χ4n) is 5.10. The first kappa shape index (κ1) is 29.2. The van der Waals surface area contributed by atoms with Crippen LogP contribution in [0.3, 0.4) is 0 Å². The van der Waals surface area contributed by atoms with E-state index in [-0.39, 0.29) is 23.1 Å². The van der Waals surface area contributed by atoms with Crippen LogP contribution in [0.25, 0.3) is 28.1 Å². The van der Waals surface area contributed by atoms with Gasteiger partial charge in [0.2, 0.25) is 6.79 Å². The van der Waals surface area contributed by atoms with Crippen LogP contribution in [0, 0.1) is 0 Å². The molecule has 3 aromatic carbocycles. The van der Waals surface area contributed by atoms with Crippen molar-refractivity contribution >= 4 is 15.8 Å². The molecule has 2 N–H and O–H groups in total. The summed E-state index contributed by atoms with van der Waals surface area (Å²) in [6, 6.07) is 15.1. The van der Waals surface area contributed by atoms with Gasteiger partial charge in [-0.3, -0.25) is 0 Å². The molecule has 0 atom stereocenters. The largest absolute Gasteiger partial charge is 0.507 e. The van der Waals surface area contributed by atoms with Gasteiger partial charge in [-0.2, -0.15) is 5.10 Å². The summed E-state index contributed by atoms with van der Waals surface area (Å²) in [5.41, 5.74) is 2.70. The number of fused-ring (bicyclic) bond motifs is 1. The third-order valence-corrected chi connectivity index (χ3v) is 8.39. The van der Waals surface area contributed by atoms with Crippen molar-refractivity contribution in [1.82, 2.24) is 9.78 Å². The molecule has 5 rings (SSSR count). The molecule has 0 aliphatic carbocycles. The van der Waals surface area contributed by atoms with Crippen LogP contribution in [0.4, 0.5) is 0 Å². The van der Waals surface area contributed by atoms with Crippen molar-refractivity contribution in [2.45, 2.75) is 57.3 Å². The molecular weight excluding hydrogens is 556 g/mol. The zero-order valence-electron chi connectivity index (χ0n) is 24.6. The molecule has 2 heterocycles. The lowest BCUT2D eigenvalue weighted by Crippen LogP contribution is -2.17. The smallest absolute Gasteiger partial charge is 0.357 e. The Kier molecular flexibility index (Phi) is 6.88.